The van der Waals surface area contributed by atoms with Gasteiger partial charge >= 0.3 is 0 Å². The highest BCUT2D eigenvalue weighted by atomic mass is 16.3. The van der Waals surface area contributed by atoms with Crippen molar-refractivity contribution in [3.63, 3.8) is 0 Å². The number of anilines is 2. The minimum atomic E-state index is -0.00736. The number of hydrogen-bond donors (Lipinski definition) is 3. The minimum Gasteiger partial charge on any atom is -0.504 e. The lowest BCUT2D eigenvalue weighted by Gasteiger charge is -2.12. The third-order valence-corrected chi connectivity index (χ3v) is 2.37. The average molecular weight is 180 g/mol. The Morgan fingerprint density at radius 2 is 1.77 bits per heavy atom. The summed E-state index contributed by atoms with van der Waals surface area (Å²) < 4.78 is 0. The van der Waals surface area contributed by atoms with Crippen molar-refractivity contribution in [2.24, 2.45) is 0 Å². The molecule has 0 bridgehead atoms. The van der Waals surface area contributed by atoms with E-state index < -0.39 is 0 Å². The number of nitrogen functional groups attached to an aromatic ring is 2. The molecule has 0 amide bonds. The van der Waals surface area contributed by atoms with Crippen LogP contribution in [-0.2, 0) is 0 Å². The third-order valence-electron chi connectivity index (χ3n) is 2.37. The van der Waals surface area contributed by atoms with Gasteiger partial charge < -0.3 is 16.6 Å². The molecule has 0 aliphatic rings. The van der Waals surface area contributed by atoms with E-state index >= 15 is 0 Å². The lowest BCUT2D eigenvalue weighted by atomic mass is 9.97. The first-order valence-corrected chi connectivity index (χ1v) is 4.44. The Hall–Kier alpha value is -1.38. The fraction of sp³-hybridized carbons (Fsp3) is 0.400. The first kappa shape index (κ1) is 9.71. The van der Waals surface area contributed by atoms with Crippen LogP contribution in [0.15, 0.2) is 12.1 Å². The van der Waals surface area contributed by atoms with Crippen LogP contribution in [0.5, 0.6) is 5.75 Å². The van der Waals surface area contributed by atoms with Gasteiger partial charge in [-0.05, 0) is 30.0 Å². The van der Waals surface area contributed by atoms with Crippen molar-refractivity contribution in [3.8, 4) is 5.75 Å². The van der Waals surface area contributed by atoms with Crippen molar-refractivity contribution in [1.82, 2.24) is 0 Å². The Morgan fingerprint density at radius 3 is 2.15 bits per heavy atom. The number of hydrogen-bond acceptors (Lipinski definition) is 3. The Morgan fingerprint density at radius 1 is 1.31 bits per heavy atom. The number of phenols is 1. The smallest absolute Gasteiger partial charge is 0.161 e. The molecule has 1 atom stereocenters. The van der Waals surface area contributed by atoms with Gasteiger partial charge in [0.05, 0.1) is 11.4 Å². The van der Waals surface area contributed by atoms with E-state index in [0.717, 1.165) is 12.0 Å². The molecule has 0 fully saturated rings. The van der Waals surface area contributed by atoms with Crippen molar-refractivity contribution < 1.29 is 5.11 Å². The molecule has 5 N–H and O–H groups in total. The fourth-order valence-corrected chi connectivity index (χ4v) is 1.22. The molecule has 1 aromatic rings. The standard InChI is InChI=1S/C10H16N2O/c1-3-6(2)7-4-8(11)10(13)9(12)5-7/h4-6,13H,3,11-12H2,1-2H3. The van der Waals surface area contributed by atoms with E-state index in [1.807, 2.05) is 0 Å². The summed E-state index contributed by atoms with van der Waals surface area (Å²) in [5.74, 6) is 0.414. The molecule has 0 saturated carbocycles. The maximum absolute atomic E-state index is 9.34. The molecule has 0 radical (unpaired) electrons. The summed E-state index contributed by atoms with van der Waals surface area (Å²) in [5.41, 5.74) is 13.0. The lowest BCUT2D eigenvalue weighted by Crippen LogP contribution is -1.98. The Bertz CT molecular complexity index is 287. The van der Waals surface area contributed by atoms with Crippen molar-refractivity contribution in [2.45, 2.75) is 26.2 Å². The average Bonchev–Trinajstić information content (AvgIpc) is 2.12. The Labute approximate surface area is 78.4 Å². The second kappa shape index (κ2) is 3.56. The number of rotatable bonds is 2. The molecular weight excluding hydrogens is 164 g/mol. The van der Waals surface area contributed by atoms with Gasteiger partial charge in [-0.1, -0.05) is 13.8 Å². The zero-order chi connectivity index (χ0) is 10.0. The van der Waals surface area contributed by atoms with Crippen LogP contribution in [0.4, 0.5) is 11.4 Å². The van der Waals surface area contributed by atoms with Crippen LogP contribution in [0.3, 0.4) is 0 Å². The van der Waals surface area contributed by atoms with Crippen molar-refractivity contribution in [2.75, 3.05) is 11.5 Å². The summed E-state index contributed by atoms with van der Waals surface area (Å²) in [7, 11) is 0. The molecule has 3 nitrogen and oxygen atoms in total. The van der Waals surface area contributed by atoms with Crippen LogP contribution in [0, 0.1) is 0 Å². The van der Waals surface area contributed by atoms with Gasteiger partial charge in [0.15, 0.2) is 5.75 Å². The van der Waals surface area contributed by atoms with Crippen molar-refractivity contribution in [1.29, 1.82) is 0 Å². The molecule has 0 heterocycles. The predicted molar refractivity (Wildman–Crippen MR) is 55.6 cm³/mol. The summed E-state index contributed by atoms with van der Waals surface area (Å²) >= 11 is 0. The van der Waals surface area contributed by atoms with E-state index in [9.17, 15) is 5.11 Å². The largest absolute Gasteiger partial charge is 0.504 e. The van der Waals surface area contributed by atoms with Gasteiger partial charge in [0.2, 0.25) is 0 Å². The van der Waals surface area contributed by atoms with Crippen LogP contribution in [-0.4, -0.2) is 5.11 Å². The lowest BCUT2D eigenvalue weighted by molar-refractivity contribution is 0.480. The summed E-state index contributed by atoms with van der Waals surface area (Å²) in [6, 6.07) is 3.56. The molecule has 1 unspecified atom stereocenters. The van der Waals surface area contributed by atoms with Crippen LogP contribution in [0.25, 0.3) is 0 Å². The second-order valence-corrected chi connectivity index (χ2v) is 3.36. The molecule has 0 aliphatic heterocycles. The first-order chi connectivity index (χ1) is 6.06. The van der Waals surface area contributed by atoms with E-state index in [2.05, 4.69) is 13.8 Å². The van der Waals surface area contributed by atoms with Gasteiger partial charge in [-0.3, -0.25) is 0 Å². The maximum atomic E-state index is 9.34. The summed E-state index contributed by atoms with van der Waals surface area (Å²) in [5, 5.41) is 9.34. The van der Waals surface area contributed by atoms with E-state index in [1.54, 1.807) is 12.1 Å². The molecular formula is C10H16N2O. The van der Waals surface area contributed by atoms with E-state index in [0.29, 0.717) is 17.3 Å². The molecule has 72 valence electrons. The number of phenolic OH excluding ortho intramolecular Hbond substituents is 1. The molecule has 3 heteroatoms. The first-order valence-electron chi connectivity index (χ1n) is 4.44. The normalized spacial score (nSPS) is 12.8. The highest BCUT2D eigenvalue weighted by Crippen LogP contribution is 2.32. The van der Waals surface area contributed by atoms with Gasteiger partial charge in [-0.15, -0.1) is 0 Å². The molecule has 0 spiro atoms. The monoisotopic (exact) mass is 180 g/mol. The molecule has 1 aromatic carbocycles. The highest BCUT2D eigenvalue weighted by molar-refractivity contribution is 5.68. The third kappa shape index (κ3) is 1.86. The zero-order valence-electron chi connectivity index (χ0n) is 8.04. The van der Waals surface area contributed by atoms with Crippen LogP contribution in [0.1, 0.15) is 31.7 Å². The summed E-state index contributed by atoms with van der Waals surface area (Å²) in [6.45, 7) is 4.20. The van der Waals surface area contributed by atoms with Gasteiger partial charge in [0.1, 0.15) is 0 Å². The summed E-state index contributed by atoms with van der Waals surface area (Å²) in [4.78, 5) is 0. The molecule has 0 saturated heterocycles. The van der Waals surface area contributed by atoms with Crippen LogP contribution < -0.4 is 11.5 Å². The van der Waals surface area contributed by atoms with E-state index in [4.69, 9.17) is 11.5 Å². The van der Waals surface area contributed by atoms with Gasteiger partial charge in [-0.2, -0.15) is 0 Å². The number of aromatic hydroxyl groups is 1. The minimum absolute atomic E-state index is 0.00736. The van der Waals surface area contributed by atoms with E-state index in [-0.39, 0.29) is 5.75 Å². The number of benzene rings is 1. The highest BCUT2D eigenvalue weighted by Gasteiger charge is 2.08. The predicted octanol–water partition coefficient (Wildman–Crippen LogP) is 2.07. The fourth-order valence-electron chi connectivity index (χ4n) is 1.22. The molecule has 13 heavy (non-hydrogen) atoms. The zero-order valence-corrected chi connectivity index (χ0v) is 8.04. The Balaban J connectivity index is 3.13. The molecule has 0 aliphatic carbocycles. The van der Waals surface area contributed by atoms with Crippen molar-refractivity contribution >= 4 is 11.4 Å². The molecule has 1 rings (SSSR count). The quantitative estimate of drug-likeness (QED) is 0.482. The molecule has 0 aromatic heterocycles. The Kier molecular flexibility index (Phi) is 2.66. The van der Waals surface area contributed by atoms with E-state index in [1.165, 1.54) is 0 Å². The summed E-state index contributed by atoms with van der Waals surface area (Å²) in [6.07, 6.45) is 1.03. The topological polar surface area (TPSA) is 72.3 Å². The number of nitrogens with two attached hydrogens (primary N) is 2. The van der Waals surface area contributed by atoms with Crippen molar-refractivity contribution in [3.05, 3.63) is 17.7 Å². The van der Waals surface area contributed by atoms with Crippen LogP contribution >= 0.6 is 0 Å². The SMILES string of the molecule is CCC(C)c1cc(N)c(O)c(N)c1. The van der Waals surface area contributed by atoms with Crippen LogP contribution in [0.2, 0.25) is 0 Å². The second-order valence-electron chi connectivity index (χ2n) is 3.36. The van der Waals surface area contributed by atoms with Gasteiger partial charge in [-0.25, -0.2) is 0 Å². The van der Waals surface area contributed by atoms with Gasteiger partial charge in [0, 0.05) is 0 Å². The van der Waals surface area contributed by atoms with Gasteiger partial charge in [0.25, 0.3) is 0 Å². The maximum Gasteiger partial charge on any atom is 0.161 e.